The quantitative estimate of drug-likeness (QED) is 0.533. The number of ether oxygens (including phenoxy) is 3. The summed E-state index contributed by atoms with van der Waals surface area (Å²) in [6.07, 6.45) is -0.107. The zero-order valence-electron chi connectivity index (χ0n) is 15.0. The van der Waals surface area contributed by atoms with Crippen molar-refractivity contribution in [1.29, 1.82) is 0 Å². The smallest absolute Gasteiger partial charge is 0.306 e. The molecule has 0 saturated heterocycles. The predicted molar refractivity (Wildman–Crippen MR) is 100 cm³/mol. The molecule has 0 unspecified atom stereocenters. The van der Waals surface area contributed by atoms with E-state index in [1.807, 2.05) is 0 Å². The van der Waals surface area contributed by atoms with Crippen LogP contribution >= 0.6 is 11.3 Å². The molecule has 0 aliphatic carbocycles. The molecular weight excluding hydrogens is 386 g/mol. The number of Topliss-reactive ketones (excluding diaryl/α,β-unsaturated/α-hetero) is 2. The summed E-state index contributed by atoms with van der Waals surface area (Å²) in [7, 11) is 0. The molecule has 9 heteroatoms. The number of carbonyl (C=O) groups is 4. The van der Waals surface area contributed by atoms with Crippen molar-refractivity contribution in [1.82, 2.24) is 0 Å². The number of amides is 1. The molecule has 0 saturated carbocycles. The molecule has 1 aliphatic heterocycles. The fourth-order valence-electron chi connectivity index (χ4n) is 2.52. The summed E-state index contributed by atoms with van der Waals surface area (Å²) in [4.78, 5) is 48.1. The van der Waals surface area contributed by atoms with Gasteiger partial charge in [-0.05, 0) is 24.4 Å². The Bertz CT molecular complexity index is 921. The molecule has 2 aromatic rings. The highest BCUT2D eigenvalue weighted by Crippen LogP contribution is 2.37. The van der Waals surface area contributed by atoms with Crippen LogP contribution in [0, 0.1) is 0 Å². The first-order chi connectivity index (χ1) is 13.4. The van der Waals surface area contributed by atoms with Gasteiger partial charge >= 0.3 is 5.97 Å². The lowest BCUT2D eigenvalue weighted by Gasteiger charge is -2.11. The number of hydrogen-bond donors (Lipinski definition) is 1. The van der Waals surface area contributed by atoms with E-state index in [4.69, 9.17) is 14.2 Å². The zero-order valence-corrected chi connectivity index (χ0v) is 15.8. The first kappa shape index (κ1) is 19.6. The lowest BCUT2D eigenvalue weighted by atomic mass is 10.1. The van der Waals surface area contributed by atoms with Crippen molar-refractivity contribution in [3.8, 4) is 11.5 Å². The summed E-state index contributed by atoms with van der Waals surface area (Å²) < 4.78 is 15.4. The van der Waals surface area contributed by atoms with Gasteiger partial charge in [-0.1, -0.05) is 6.07 Å². The Morgan fingerprint density at radius 2 is 1.89 bits per heavy atom. The van der Waals surface area contributed by atoms with Crippen LogP contribution in [-0.2, 0) is 14.3 Å². The van der Waals surface area contributed by atoms with Gasteiger partial charge in [0.25, 0.3) is 5.91 Å². The van der Waals surface area contributed by atoms with Crippen LogP contribution in [0.25, 0.3) is 0 Å². The number of thiophene rings is 1. The number of nitrogens with one attached hydrogen (secondary N) is 1. The Labute approximate surface area is 164 Å². The largest absolute Gasteiger partial charge is 0.456 e. The zero-order chi connectivity index (χ0) is 20.1. The number of ketones is 2. The Kier molecular flexibility index (Phi) is 6.05. The van der Waals surface area contributed by atoms with E-state index in [0.29, 0.717) is 16.4 Å². The van der Waals surface area contributed by atoms with Crippen LogP contribution in [0.3, 0.4) is 0 Å². The summed E-state index contributed by atoms with van der Waals surface area (Å²) in [5.74, 6) is -0.855. The molecular formula is C19H17NO7S. The van der Waals surface area contributed by atoms with Crippen molar-refractivity contribution in [3.63, 3.8) is 0 Å². The monoisotopic (exact) mass is 403 g/mol. The topological polar surface area (TPSA) is 108 Å². The predicted octanol–water partition coefficient (Wildman–Crippen LogP) is 2.82. The molecule has 1 aromatic carbocycles. The van der Waals surface area contributed by atoms with Gasteiger partial charge in [-0.25, -0.2) is 0 Å². The van der Waals surface area contributed by atoms with Crippen molar-refractivity contribution in [2.45, 2.75) is 19.8 Å². The first-order valence-corrected chi connectivity index (χ1v) is 9.29. The molecule has 0 radical (unpaired) electrons. The molecule has 146 valence electrons. The Balaban J connectivity index is 1.51. The molecule has 1 amide bonds. The minimum Gasteiger partial charge on any atom is -0.456 e. The Hall–Kier alpha value is -3.20. The number of rotatable bonds is 8. The van der Waals surface area contributed by atoms with Crippen molar-refractivity contribution >= 4 is 40.5 Å². The highest BCUT2D eigenvalue weighted by Gasteiger charge is 2.21. The third-order valence-corrected chi connectivity index (χ3v) is 4.79. The number of benzene rings is 1. The molecule has 0 atom stereocenters. The van der Waals surface area contributed by atoms with E-state index in [2.05, 4.69) is 5.32 Å². The van der Waals surface area contributed by atoms with E-state index >= 15 is 0 Å². The van der Waals surface area contributed by atoms with E-state index in [1.54, 1.807) is 17.5 Å². The summed E-state index contributed by atoms with van der Waals surface area (Å²) in [6, 6.07) is 6.41. The van der Waals surface area contributed by atoms with Crippen molar-refractivity contribution in [2.75, 3.05) is 18.7 Å². The molecule has 3 rings (SSSR count). The second-order valence-corrected chi connectivity index (χ2v) is 6.86. The summed E-state index contributed by atoms with van der Waals surface area (Å²) in [5.41, 5.74) is 0.496. The fraction of sp³-hybridized carbons (Fsp3) is 0.263. The number of anilines is 1. The average Bonchev–Trinajstić information content (AvgIpc) is 3.35. The first-order valence-electron chi connectivity index (χ1n) is 8.41. The van der Waals surface area contributed by atoms with E-state index in [1.165, 1.54) is 30.4 Å². The maximum atomic E-state index is 12.1. The second-order valence-electron chi connectivity index (χ2n) is 5.92. The number of esters is 1. The van der Waals surface area contributed by atoms with Gasteiger partial charge in [0, 0.05) is 18.1 Å². The van der Waals surface area contributed by atoms with Gasteiger partial charge in [0.1, 0.15) is 0 Å². The van der Waals surface area contributed by atoms with Gasteiger partial charge in [-0.3, -0.25) is 19.2 Å². The maximum absolute atomic E-state index is 12.1. The third-order valence-electron chi connectivity index (χ3n) is 3.88. The minimum absolute atomic E-state index is 0.0115. The molecule has 8 nitrogen and oxygen atoms in total. The van der Waals surface area contributed by atoms with Gasteiger partial charge in [0.15, 0.2) is 29.7 Å². The van der Waals surface area contributed by atoms with Gasteiger partial charge in [-0.15, -0.1) is 11.3 Å². The SMILES string of the molecule is CC(=O)c1cc2c(cc1NC(=O)COC(=O)CCC(=O)c1cccs1)OCO2. The van der Waals surface area contributed by atoms with Gasteiger partial charge in [0.2, 0.25) is 6.79 Å². The lowest BCUT2D eigenvalue weighted by Crippen LogP contribution is -2.22. The number of carbonyl (C=O) groups excluding carboxylic acids is 4. The average molecular weight is 403 g/mol. The van der Waals surface area contributed by atoms with E-state index in [-0.39, 0.29) is 42.5 Å². The van der Waals surface area contributed by atoms with Crippen LogP contribution in [0.4, 0.5) is 5.69 Å². The summed E-state index contributed by atoms with van der Waals surface area (Å²) in [5, 5.41) is 4.31. The van der Waals surface area contributed by atoms with Gasteiger partial charge in [-0.2, -0.15) is 0 Å². The standard InChI is InChI=1S/C19H17NO7S/c1-11(21)12-7-15-16(27-10-26-15)8-13(12)20-18(23)9-25-19(24)5-4-14(22)17-3-2-6-28-17/h2-3,6-8H,4-5,9-10H2,1H3,(H,20,23). The molecule has 1 N–H and O–H groups in total. The van der Waals surface area contributed by atoms with E-state index < -0.39 is 18.5 Å². The van der Waals surface area contributed by atoms with E-state index in [9.17, 15) is 19.2 Å². The highest BCUT2D eigenvalue weighted by atomic mass is 32.1. The van der Waals surface area contributed by atoms with Gasteiger partial charge < -0.3 is 19.5 Å². The third kappa shape index (κ3) is 4.74. The van der Waals surface area contributed by atoms with Crippen molar-refractivity contribution in [2.24, 2.45) is 0 Å². The molecule has 1 aromatic heterocycles. The Morgan fingerprint density at radius 3 is 2.57 bits per heavy atom. The highest BCUT2D eigenvalue weighted by molar-refractivity contribution is 7.12. The minimum atomic E-state index is -0.655. The van der Waals surface area contributed by atoms with Gasteiger partial charge in [0.05, 0.1) is 17.0 Å². The lowest BCUT2D eigenvalue weighted by molar-refractivity contribution is -0.147. The van der Waals surface area contributed by atoms with Crippen LogP contribution in [0.2, 0.25) is 0 Å². The van der Waals surface area contributed by atoms with Crippen LogP contribution in [-0.4, -0.2) is 36.8 Å². The molecule has 1 aliphatic rings. The van der Waals surface area contributed by atoms with Crippen molar-refractivity contribution < 1.29 is 33.4 Å². The maximum Gasteiger partial charge on any atom is 0.306 e. The number of hydrogen-bond acceptors (Lipinski definition) is 8. The fourth-order valence-corrected chi connectivity index (χ4v) is 3.21. The molecule has 0 bridgehead atoms. The van der Waals surface area contributed by atoms with Crippen molar-refractivity contribution in [3.05, 3.63) is 40.1 Å². The summed E-state index contributed by atoms with van der Waals surface area (Å²) >= 11 is 1.30. The normalized spacial score (nSPS) is 11.8. The van der Waals surface area contributed by atoms with E-state index in [0.717, 1.165) is 0 Å². The van der Waals surface area contributed by atoms with Crippen LogP contribution < -0.4 is 14.8 Å². The second kappa shape index (κ2) is 8.66. The molecule has 28 heavy (non-hydrogen) atoms. The number of fused-ring (bicyclic) bond motifs is 1. The Morgan fingerprint density at radius 1 is 1.14 bits per heavy atom. The molecule has 0 spiro atoms. The van der Waals surface area contributed by atoms with Crippen LogP contribution in [0.15, 0.2) is 29.6 Å². The summed E-state index contributed by atoms with van der Waals surface area (Å²) in [6.45, 7) is 0.863. The molecule has 2 heterocycles. The molecule has 0 fully saturated rings. The van der Waals surface area contributed by atoms with Crippen LogP contribution in [0.1, 0.15) is 39.8 Å². The van der Waals surface area contributed by atoms with Crippen LogP contribution in [0.5, 0.6) is 11.5 Å².